The average molecular weight is 283 g/mol. The van der Waals surface area contributed by atoms with Crippen molar-refractivity contribution in [2.24, 2.45) is 7.05 Å². The summed E-state index contributed by atoms with van der Waals surface area (Å²) < 4.78 is 42.0. The Morgan fingerprint density at radius 2 is 1.95 bits per heavy atom. The first-order valence-electron chi connectivity index (χ1n) is 6.41. The lowest BCUT2D eigenvalue weighted by Gasteiger charge is -2.20. The molecule has 2 rings (SSSR count). The van der Waals surface area contributed by atoms with E-state index in [4.69, 9.17) is 0 Å². The average Bonchev–Trinajstić information content (AvgIpc) is 2.85. The summed E-state index contributed by atoms with van der Waals surface area (Å²) in [6.45, 7) is 2.59. The van der Waals surface area contributed by atoms with Gasteiger partial charge in [0.15, 0.2) is 17.5 Å². The van der Waals surface area contributed by atoms with Crippen LogP contribution in [0.25, 0.3) is 0 Å². The van der Waals surface area contributed by atoms with Crippen LogP contribution in [0.2, 0.25) is 0 Å². The van der Waals surface area contributed by atoms with Crippen molar-refractivity contribution >= 4 is 0 Å². The van der Waals surface area contributed by atoms with Crippen LogP contribution in [-0.4, -0.2) is 16.3 Å². The topological polar surface area (TPSA) is 29.9 Å². The zero-order valence-electron chi connectivity index (χ0n) is 11.3. The van der Waals surface area contributed by atoms with Crippen LogP contribution >= 0.6 is 0 Å². The summed E-state index contributed by atoms with van der Waals surface area (Å²) in [5.74, 6) is -3.81. The Morgan fingerprint density at radius 3 is 2.55 bits per heavy atom. The number of nitrogens with one attached hydrogen (secondary N) is 1. The molecule has 0 aliphatic carbocycles. The van der Waals surface area contributed by atoms with E-state index in [0.29, 0.717) is 12.2 Å². The summed E-state index contributed by atoms with van der Waals surface area (Å²) in [7, 11) is 1.72. The van der Waals surface area contributed by atoms with Gasteiger partial charge >= 0.3 is 0 Å². The minimum Gasteiger partial charge on any atom is -0.305 e. The fourth-order valence-electron chi connectivity index (χ4n) is 2.09. The van der Waals surface area contributed by atoms with Crippen LogP contribution in [0.4, 0.5) is 13.2 Å². The third-order valence-corrected chi connectivity index (χ3v) is 3.13. The highest BCUT2D eigenvalue weighted by molar-refractivity contribution is 5.30. The Bertz CT molecular complexity index is 595. The van der Waals surface area contributed by atoms with Crippen molar-refractivity contribution in [2.75, 3.05) is 6.54 Å². The molecule has 1 N–H and O–H groups in total. The smallest absolute Gasteiger partial charge is 0.194 e. The summed E-state index contributed by atoms with van der Waals surface area (Å²) in [6, 6.07) is 3.34. The molecule has 6 heteroatoms. The van der Waals surface area contributed by atoms with Gasteiger partial charge in [-0.15, -0.1) is 0 Å². The molecule has 0 radical (unpaired) electrons. The number of benzene rings is 1. The monoisotopic (exact) mass is 283 g/mol. The number of halogens is 3. The van der Waals surface area contributed by atoms with Crippen molar-refractivity contribution in [3.8, 4) is 0 Å². The van der Waals surface area contributed by atoms with E-state index >= 15 is 0 Å². The lowest BCUT2D eigenvalue weighted by atomic mass is 10.0. The van der Waals surface area contributed by atoms with Crippen molar-refractivity contribution < 1.29 is 13.2 Å². The lowest BCUT2D eigenvalue weighted by Crippen LogP contribution is -2.26. The summed E-state index contributed by atoms with van der Waals surface area (Å²) in [4.78, 5) is 0. The van der Waals surface area contributed by atoms with Gasteiger partial charge in [-0.05, 0) is 25.1 Å². The standard InChI is InChI=1S/C14H16F3N3/c1-3-7-18-14(11-6-8-19-20(11)2)9-4-5-10(15)13(17)12(9)16/h4-6,8,14,18H,3,7H2,1-2H3. The molecule has 0 bridgehead atoms. The zero-order chi connectivity index (χ0) is 14.7. The molecule has 1 atom stereocenters. The second kappa shape index (κ2) is 6.09. The van der Waals surface area contributed by atoms with Gasteiger partial charge in [-0.1, -0.05) is 13.0 Å². The predicted molar refractivity (Wildman–Crippen MR) is 69.7 cm³/mol. The van der Waals surface area contributed by atoms with Gasteiger partial charge in [0.05, 0.1) is 11.7 Å². The first kappa shape index (κ1) is 14.6. The molecule has 20 heavy (non-hydrogen) atoms. The molecule has 3 nitrogen and oxygen atoms in total. The molecular weight excluding hydrogens is 267 g/mol. The van der Waals surface area contributed by atoms with Crippen molar-refractivity contribution in [2.45, 2.75) is 19.4 Å². The normalized spacial score (nSPS) is 12.7. The molecule has 1 heterocycles. The second-order valence-corrected chi connectivity index (χ2v) is 4.53. The first-order valence-corrected chi connectivity index (χ1v) is 6.41. The molecule has 0 fully saturated rings. The van der Waals surface area contributed by atoms with Crippen LogP contribution in [0.15, 0.2) is 24.4 Å². The molecule has 2 aromatic rings. The highest BCUT2D eigenvalue weighted by Crippen LogP contribution is 2.26. The lowest BCUT2D eigenvalue weighted by molar-refractivity contribution is 0.429. The predicted octanol–water partition coefficient (Wildman–Crippen LogP) is 2.93. The minimum absolute atomic E-state index is 0.0703. The van der Waals surface area contributed by atoms with E-state index in [-0.39, 0.29) is 5.56 Å². The minimum atomic E-state index is -1.45. The number of aryl methyl sites for hydroxylation is 1. The summed E-state index contributed by atoms with van der Waals surface area (Å²) in [6.07, 6.45) is 2.41. The molecule has 0 saturated carbocycles. The van der Waals surface area contributed by atoms with E-state index in [9.17, 15) is 13.2 Å². The van der Waals surface area contributed by atoms with Crippen molar-refractivity contribution in [3.05, 3.63) is 53.1 Å². The Hall–Kier alpha value is -1.82. The van der Waals surface area contributed by atoms with Gasteiger partial charge in [-0.2, -0.15) is 5.10 Å². The number of hydrogen-bond acceptors (Lipinski definition) is 2. The maximum atomic E-state index is 14.0. The number of nitrogens with zero attached hydrogens (tertiary/aromatic N) is 2. The Labute approximate surface area is 115 Å². The van der Waals surface area contributed by atoms with Gasteiger partial charge in [0.2, 0.25) is 0 Å². The van der Waals surface area contributed by atoms with Crippen LogP contribution in [0.3, 0.4) is 0 Å². The third-order valence-electron chi connectivity index (χ3n) is 3.13. The Morgan fingerprint density at radius 1 is 1.20 bits per heavy atom. The first-order chi connectivity index (χ1) is 9.56. The molecule has 0 aliphatic heterocycles. The molecule has 0 spiro atoms. The molecule has 0 amide bonds. The highest BCUT2D eigenvalue weighted by Gasteiger charge is 2.23. The van der Waals surface area contributed by atoms with E-state index in [1.807, 2.05) is 6.92 Å². The van der Waals surface area contributed by atoms with Gasteiger partial charge < -0.3 is 5.32 Å². The Kier molecular flexibility index (Phi) is 4.44. The van der Waals surface area contributed by atoms with Crippen LogP contribution in [0, 0.1) is 17.5 Å². The SMILES string of the molecule is CCCNC(c1ccc(F)c(F)c1F)c1ccnn1C. The van der Waals surface area contributed by atoms with Crippen molar-refractivity contribution in [1.29, 1.82) is 0 Å². The van der Waals surface area contributed by atoms with Crippen LogP contribution in [0.5, 0.6) is 0 Å². The molecule has 1 aromatic carbocycles. The molecule has 1 aromatic heterocycles. The van der Waals surface area contributed by atoms with Crippen molar-refractivity contribution in [1.82, 2.24) is 15.1 Å². The molecule has 1 unspecified atom stereocenters. The maximum Gasteiger partial charge on any atom is 0.194 e. The largest absolute Gasteiger partial charge is 0.305 e. The van der Waals surface area contributed by atoms with Gasteiger partial charge in [-0.3, -0.25) is 4.68 Å². The molecule has 108 valence electrons. The summed E-state index contributed by atoms with van der Waals surface area (Å²) in [5, 5.41) is 7.15. The second-order valence-electron chi connectivity index (χ2n) is 4.53. The van der Waals surface area contributed by atoms with Gasteiger partial charge in [0, 0.05) is 18.8 Å². The third kappa shape index (κ3) is 2.70. The molecule has 0 aliphatic rings. The van der Waals surface area contributed by atoms with E-state index in [2.05, 4.69) is 10.4 Å². The number of rotatable bonds is 5. The van der Waals surface area contributed by atoms with Gasteiger partial charge in [0.1, 0.15) is 0 Å². The fourth-order valence-corrected chi connectivity index (χ4v) is 2.09. The van der Waals surface area contributed by atoms with Gasteiger partial charge in [-0.25, -0.2) is 13.2 Å². The van der Waals surface area contributed by atoms with Crippen LogP contribution < -0.4 is 5.32 Å². The summed E-state index contributed by atoms with van der Waals surface area (Å²) >= 11 is 0. The Balaban J connectivity index is 2.47. The maximum absolute atomic E-state index is 14.0. The molecular formula is C14H16F3N3. The number of aromatic nitrogens is 2. The van der Waals surface area contributed by atoms with Gasteiger partial charge in [0.25, 0.3) is 0 Å². The van der Waals surface area contributed by atoms with E-state index < -0.39 is 23.5 Å². The highest BCUT2D eigenvalue weighted by atomic mass is 19.2. The van der Waals surface area contributed by atoms with E-state index in [1.54, 1.807) is 24.0 Å². The summed E-state index contributed by atoms with van der Waals surface area (Å²) in [5.41, 5.74) is 0.754. The van der Waals surface area contributed by atoms with E-state index in [0.717, 1.165) is 12.5 Å². The van der Waals surface area contributed by atoms with Crippen LogP contribution in [0.1, 0.15) is 30.6 Å². The van der Waals surface area contributed by atoms with E-state index in [1.165, 1.54) is 6.07 Å². The van der Waals surface area contributed by atoms with Crippen LogP contribution in [-0.2, 0) is 7.05 Å². The van der Waals surface area contributed by atoms with Crippen molar-refractivity contribution in [3.63, 3.8) is 0 Å². The molecule has 0 saturated heterocycles. The quantitative estimate of drug-likeness (QED) is 0.855. The fraction of sp³-hybridized carbons (Fsp3) is 0.357. The number of hydrogen-bond donors (Lipinski definition) is 1. The zero-order valence-corrected chi connectivity index (χ0v) is 11.3.